The SMILES string of the molecule is CCCCCCOC(=O)[C@@H]1CCCN1C(=O)OCC. The van der Waals surface area contributed by atoms with Crippen LogP contribution in [0.3, 0.4) is 0 Å². The van der Waals surface area contributed by atoms with E-state index in [1.54, 1.807) is 6.92 Å². The summed E-state index contributed by atoms with van der Waals surface area (Å²) in [4.78, 5) is 25.1. The van der Waals surface area contributed by atoms with Crippen LogP contribution in [0, 0.1) is 0 Å². The van der Waals surface area contributed by atoms with Gasteiger partial charge in [-0.25, -0.2) is 9.59 Å². The lowest BCUT2D eigenvalue weighted by Crippen LogP contribution is -2.41. The molecule has 5 heteroatoms. The smallest absolute Gasteiger partial charge is 0.410 e. The molecular weight excluding hydrogens is 246 g/mol. The molecule has 0 unspecified atom stereocenters. The average Bonchev–Trinajstić information content (AvgIpc) is 2.88. The Kier molecular flexibility index (Phi) is 7.30. The van der Waals surface area contributed by atoms with Crippen LogP contribution in [0.2, 0.25) is 0 Å². The van der Waals surface area contributed by atoms with Crippen molar-refractivity contribution in [2.45, 2.75) is 58.4 Å². The van der Waals surface area contributed by atoms with Crippen LogP contribution in [0.1, 0.15) is 52.4 Å². The molecule has 1 atom stereocenters. The fraction of sp³-hybridized carbons (Fsp3) is 0.857. The minimum atomic E-state index is -0.453. The van der Waals surface area contributed by atoms with E-state index in [1.807, 2.05) is 0 Å². The van der Waals surface area contributed by atoms with Gasteiger partial charge in [0.2, 0.25) is 0 Å². The molecule has 1 aliphatic rings. The number of hydrogen-bond donors (Lipinski definition) is 0. The van der Waals surface area contributed by atoms with E-state index in [0.29, 0.717) is 26.2 Å². The zero-order valence-corrected chi connectivity index (χ0v) is 12.0. The Balaban J connectivity index is 2.31. The Morgan fingerprint density at radius 3 is 2.63 bits per heavy atom. The third kappa shape index (κ3) is 5.09. The van der Waals surface area contributed by atoms with Crippen LogP contribution >= 0.6 is 0 Å². The quantitative estimate of drug-likeness (QED) is 0.527. The Morgan fingerprint density at radius 2 is 1.95 bits per heavy atom. The molecule has 0 aromatic heterocycles. The largest absolute Gasteiger partial charge is 0.464 e. The first-order valence-electron chi connectivity index (χ1n) is 7.30. The van der Waals surface area contributed by atoms with Crippen LogP contribution in [0.25, 0.3) is 0 Å². The molecule has 0 spiro atoms. The highest BCUT2D eigenvalue weighted by molar-refractivity contribution is 5.82. The van der Waals surface area contributed by atoms with Gasteiger partial charge in [0.05, 0.1) is 13.2 Å². The van der Waals surface area contributed by atoms with E-state index in [0.717, 1.165) is 32.1 Å². The molecule has 19 heavy (non-hydrogen) atoms. The second kappa shape index (κ2) is 8.77. The number of hydrogen-bond acceptors (Lipinski definition) is 4. The van der Waals surface area contributed by atoms with Gasteiger partial charge in [0.15, 0.2) is 0 Å². The predicted octanol–water partition coefficient (Wildman–Crippen LogP) is 2.73. The highest BCUT2D eigenvalue weighted by Crippen LogP contribution is 2.19. The molecule has 1 saturated heterocycles. The van der Waals surface area contributed by atoms with Crippen molar-refractivity contribution in [1.29, 1.82) is 0 Å². The van der Waals surface area contributed by atoms with E-state index in [-0.39, 0.29) is 5.97 Å². The first-order chi connectivity index (χ1) is 9.20. The van der Waals surface area contributed by atoms with Gasteiger partial charge in [-0.1, -0.05) is 26.2 Å². The van der Waals surface area contributed by atoms with Gasteiger partial charge in [-0.05, 0) is 26.2 Å². The van der Waals surface area contributed by atoms with Crippen molar-refractivity contribution in [2.75, 3.05) is 19.8 Å². The average molecular weight is 271 g/mol. The number of ether oxygens (including phenoxy) is 2. The van der Waals surface area contributed by atoms with Gasteiger partial charge in [-0.2, -0.15) is 0 Å². The molecule has 0 aromatic carbocycles. The second-order valence-corrected chi connectivity index (χ2v) is 4.78. The first-order valence-corrected chi connectivity index (χ1v) is 7.30. The van der Waals surface area contributed by atoms with Crippen LogP contribution in [-0.4, -0.2) is 42.8 Å². The Bertz CT molecular complexity index is 293. The van der Waals surface area contributed by atoms with Gasteiger partial charge in [0.1, 0.15) is 6.04 Å². The summed E-state index contributed by atoms with van der Waals surface area (Å²) in [5, 5.41) is 0. The number of nitrogens with zero attached hydrogens (tertiary/aromatic N) is 1. The second-order valence-electron chi connectivity index (χ2n) is 4.78. The number of carbonyl (C=O) groups excluding carboxylic acids is 2. The summed E-state index contributed by atoms with van der Waals surface area (Å²) in [6.07, 6.45) is 5.39. The summed E-state index contributed by atoms with van der Waals surface area (Å²) in [6.45, 7) is 5.26. The minimum Gasteiger partial charge on any atom is -0.464 e. The van der Waals surface area contributed by atoms with Gasteiger partial charge in [0.25, 0.3) is 0 Å². The highest BCUT2D eigenvalue weighted by atomic mass is 16.6. The van der Waals surface area contributed by atoms with E-state index in [1.165, 1.54) is 4.90 Å². The maximum Gasteiger partial charge on any atom is 0.410 e. The normalized spacial score (nSPS) is 18.4. The van der Waals surface area contributed by atoms with E-state index in [9.17, 15) is 9.59 Å². The lowest BCUT2D eigenvalue weighted by molar-refractivity contribution is -0.148. The van der Waals surface area contributed by atoms with Crippen molar-refractivity contribution < 1.29 is 19.1 Å². The summed E-state index contributed by atoms with van der Waals surface area (Å²) in [5.41, 5.74) is 0. The van der Waals surface area contributed by atoms with Crippen molar-refractivity contribution in [3.05, 3.63) is 0 Å². The Labute approximate surface area is 115 Å². The van der Waals surface area contributed by atoms with E-state index < -0.39 is 12.1 Å². The molecule has 1 heterocycles. The van der Waals surface area contributed by atoms with Crippen LogP contribution in [0.15, 0.2) is 0 Å². The minimum absolute atomic E-state index is 0.290. The van der Waals surface area contributed by atoms with Gasteiger partial charge in [-0.15, -0.1) is 0 Å². The van der Waals surface area contributed by atoms with E-state index >= 15 is 0 Å². The standard InChI is InChI=1S/C14H25NO4/c1-3-5-6-7-11-19-13(16)12-9-8-10-15(12)14(17)18-4-2/h12H,3-11H2,1-2H3/t12-/m0/s1. The van der Waals surface area contributed by atoms with Crippen molar-refractivity contribution in [2.24, 2.45) is 0 Å². The van der Waals surface area contributed by atoms with Gasteiger partial charge in [-0.3, -0.25) is 4.90 Å². The van der Waals surface area contributed by atoms with Crippen LogP contribution in [0.4, 0.5) is 4.79 Å². The molecule has 0 radical (unpaired) electrons. The summed E-state index contributed by atoms with van der Waals surface area (Å²) < 4.78 is 10.2. The van der Waals surface area contributed by atoms with Crippen molar-refractivity contribution in [3.8, 4) is 0 Å². The fourth-order valence-electron chi connectivity index (χ4n) is 2.23. The number of rotatable bonds is 7. The molecule has 0 aromatic rings. The van der Waals surface area contributed by atoms with Gasteiger partial charge in [0, 0.05) is 6.54 Å². The molecule has 0 N–H and O–H groups in total. The number of likely N-dealkylation sites (tertiary alicyclic amines) is 1. The van der Waals surface area contributed by atoms with E-state index in [4.69, 9.17) is 9.47 Å². The topological polar surface area (TPSA) is 55.8 Å². The molecule has 1 aliphatic heterocycles. The molecule has 1 rings (SSSR count). The summed E-state index contributed by atoms with van der Waals surface area (Å²) in [6, 6.07) is -0.453. The zero-order chi connectivity index (χ0) is 14.1. The van der Waals surface area contributed by atoms with Crippen LogP contribution in [-0.2, 0) is 14.3 Å². The maximum absolute atomic E-state index is 11.9. The summed E-state index contributed by atoms with van der Waals surface area (Å²) in [7, 11) is 0. The maximum atomic E-state index is 11.9. The lowest BCUT2D eigenvalue weighted by Gasteiger charge is -2.22. The Hall–Kier alpha value is -1.26. The first kappa shape index (κ1) is 15.8. The predicted molar refractivity (Wildman–Crippen MR) is 71.9 cm³/mol. The number of esters is 1. The molecule has 110 valence electrons. The van der Waals surface area contributed by atoms with E-state index in [2.05, 4.69) is 6.92 Å². The molecule has 0 aliphatic carbocycles. The fourth-order valence-corrected chi connectivity index (χ4v) is 2.23. The molecule has 0 saturated carbocycles. The molecule has 1 fully saturated rings. The van der Waals surface area contributed by atoms with Gasteiger partial charge >= 0.3 is 12.1 Å². The number of unbranched alkanes of at least 4 members (excludes halogenated alkanes) is 3. The summed E-state index contributed by atoms with van der Waals surface area (Å²) >= 11 is 0. The molecular formula is C14H25NO4. The monoisotopic (exact) mass is 271 g/mol. The highest BCUT2D eigenvalue weighted by Gasteiger charge is 2.35. The molecule has 5 nitrogen and oxygen atoms in total. The lowest BCUT2D eigenvalue weighted by atomic mass is 10.2. The third-order valence-electron chi connectivity index (χ3n) is 3.27. The van der Waals surface area contributed by atoms with Gasteiger partial charge < -0.3 is 9.47 Å². The van der Waals surface area contributed by atoms with Crippen molar-refractivity contribution >= 4 is 12.1 Å². The number of carbonyl (C=O) groups is 2. The Morgan fingerprint density at radius 1 is 1.16 bits per heavy atom. The zero-order valence-electron chi connectivity index (χ0n) is 12.0. The van der Waals surface area contributed by atoms with Crippen molar-refractivity contribution in [1.82, 2.24) is 4.90 Å². The number of amides is 1. The van der Waals surface area contributed by atoms with Crippen LogP contribution in [0.5, 0.6) is 0 Å². The molecule has 1 amide bonds. The van der Waals surface area contributed by atoms with Crippen LogP contribution < -0.4 is 0 Å². The third-order valence-corrected chi connectivity index (χ3v) is 3.27. The van der Waals surface area contributed by atoms with Crippen molar-refractivity contribution in [3.63, 3.8) is 0 Å². The molecule has 0 bridgehead atoms. The summed E-state index contributed by atoms with van der Waals surface area (Å²) in [5.74, 6) is -0.290.